The molecule has 0 spiro atoms. The SMILES string of the molecule is CC(C)C1=C2[C@H]3CC[C@@H]4[C@@]5(C)CC[C@H](OC(=O)[C@H]6C[C@@H](C(=O)O)C6(C)C)C(C)(C)[C@@H]5CC[C@@]4(C)[C@]3(C)CC[C@@]2(NC(=O)C2(NC(=O)c3cc(C(F)(F)F)nn3C(=O)OC3CCNCC3)COC2)CC1=O. The van der Waals surface area contributed by atoms with Crippen LogP contribution in [0.5, 0.6) is 0 Å². The lowest BCUT2D eigenvalue weighted by Gasteiger charge is -2.72. The van der Waals surface area contributed by atoms with Crippen LogP contribution in [0.2, 0.25) is 0 Å². The molecule has 1 aromatic rings. The van der Waals surface area contributed by atoms with E-state index in [-0.39, 0.29) is 83.3 Å². The van der Waals surface area contributed by atoms with Crippen LogP contribution in [0.25, 0.3) is 0 Å². The zero-order chi connectivity index (χ0) is 50.9. The number of carboxylic acid groups (broad SMARTS) is 1. The van der Waals surface area contributed by atoms with E-state index in [0.717, 1.165) is 43.3 Å². The lowest BCUT2D eigenvalue weighted by atomic mass is 9.33. The predicted molar refractivity (Wildman–Crippen MR) is 247 cm³/mol. The largest absolute Gasteiger partial charge is 0.481 e. The fourth-order valence-corrected chi connectivity index (χ4v) is 16.0. The number of ether oxygens (including phenoxy) is 3. The highest BCUT2D eigenvalue weighted by Gasteiger charge is 2.71. The lowest BCUT2D eigenvalue weighted by Crippen LogP contribution is -2.73. The summed E-state index contributed by atoms with van der Waals surface area (Å²) in [5.74, 6) is -3.65. The van der Waals surface area contributed by atoms with Crippen LogP contribution in [-0.4, -0.2) is 100 Å². The second kappa shape index (κ2) is 16.9. The Morgan fingerprint density at radius 1 is 0.843 bits per heavy atom. The number of aromatic nitrogens is 2. The van der Waals surface area contributed by atoms with Crippen LogP contribution in [0.4, 0.5) is 18.0 Å². The summed E-state index contributed by atoms with van der Waals surface area (Å²) in [6, 6.07) is 0.471. The number of fused-ring (bicyclic) bond motifs is 7. The van der Waals surface area contributed by atoms with Gasteiger partial charge in [-0.1, -0.05) is 62.3 Å². The molecule has 9 rings (SSSR count). The van der Waals surface area contributed by atoms with Crippen LogP contribution in [-0.2, 0) is 39.6 Å². The maximum absolute atomic E-state index is 14.9. The van der Waals surface area contributed by atoms with Gasteiger partial charge in [0.25, 0.3) is 11.8 Å². The first-order valence-electron chi connectivity index (χ1n) is 25.6. The first-order valence-corrected chi connectivity index (χ1v) is 25.6. The molecule has 5 saturated carbocycles. The van der Waals surface area contributed by atoms with E-state index < -0.39 is 75.9 Å². The van der Waals surface area contributed by atoms with Gasteiger partial charge in [0.15, 0.2) is 17.0 Å². The van der Waals surface area contributed by atoms with E-state index in [9.17, 15) is 47.0 Å². The molecule has 4 N–H and O–H groups in total. The molecule has 15 nitrogen and oxygen atoms in total. The summed E-state index contributed by atoms with van der Waals surface area (Å²) in [6.07, 6.45) is 0.348. The Hall–Kier alpha value is -4.32. The number of halogens is 3. The molecular weight excluding hydrogens is 912 g/mol. The number of hydrogen-bond acceptors (Lipinski definition) is 11. The third kappa shape index (κ3) is 7.58. The minimum absolute atomic E-state index is 0.0327. The number of nitrogens with zero attached hydrogens (tertiary/aromatic N) is 2. The number of piperidine rings is 1. The van der Waals surface area contributed by atoms with Crippen molar-refractivity contribution in [2.24, 2.45) is 62.6 Å². The summed E-state index contributed by atoms with van der Waals surface area (Å²) in [5.41, 5.74) is -4.86. The predicted octanol–water partition coefficient (Wildman–Crippen LogP) is 7.65. The van der Waals surface area contributed by atoms with E-state index in [2.05, 4.69) is 55.7 Å². The average Bonchev–Trinajstić information content (AvgIpc) is 3.84. The number of alkyl halides is 3. The maximum Gasteiger partial charge on any atom is 0.435 e. The molecule has 18 heteroatoms. The van der Waals surface area contributed by atoms with Crippen LogP contribution in [0.15, 0.2) is 17.2 Å². The van der Waals surface area contributed by atoms with E-state index in [1.165, 1.54) is 0 Å². The maximum atomic E-state index is 14.9. The second-order valence-corrected chi connectivity index (χ2v) is 24.7. The first-order chi connectivity index (χ1) is 32.6. The lowest BCUT2D eigenvalue weighted by molar-refractivity contribution is -0.235. The van der Waals surface area contributed by atoms with Gasteiger partial charge in [0.2, 0.25) is 0 Å². The summed E-state index contributed by atoms with van der Waals surface area (Å²) < 4.78 is 59.8. The standard InChI is InChI=1S/C52H72F3N5O10/c1-27(2)38-33(61)24-50(58-43(66)51(25-68-26-51)57-40(62)32-23-36(52(53,54)55)59-60(32)44(67)69-28-14-20-56-21-15-28)19-18-48(8)29(39(38)50)10-11-35-47(7)16-13-37(46(5,6)34(47)12-17-49(35,48)9)70-42(65)31-22-30(41(63)64)45(31,3)4/h23,27-31,34-35,37,56H,10-22,24-26H2,1-9H3,(H,57,62)(H,58,66)(H,63,64)/t29-,30+,31-,34+,35-,37+,47+,48-,49-,50-/m1/s1. The fraction of sp³-hybridized carbons (Fsp3) is 0.788. The van der Waals surface area contributed by atoms with Gasteiger partial charge in [0, 0.05) is 17.9 Å². The first kappa shape index (κ1) is 50.6. The van der Waals surface area contributed by atoms with Crippen molar-refractivity contribution in [3.8, 4) is 0 Å². The van der Waals surface area contributed by atoms with Crippen molar-refractivity contribution in [2.75, 3.05) is 26.3 Å². The number of aliphatic carboxylic acids is 1. The number of rotatable bonds is 9. The Morgan fingerprint density at radius 2 is 1.53 bits per heavy atom. The minimum atomic E-state index is -4.99. The Kier molecular flexibility index (Phi) is 12.2. The number of Topliss-reactive ketones (excluding diaryl/α,β-unsaturated/α-hetero) is 1. The van der Waals surface area contributed by atoms with E-state index in [1.54, 1.807) is 0 Å². The highest BCUT2D eigenvalue weighted by molar-refractivity contribution is 6.04. The fourth-order valence-electron chi connectivity index (χ4n) is 16.0. The van der Waals surface area contributed by atoms with Gasteiger partial charge < -0.3 is 35.3 Å². The molecule has 386 valence electrons. The molecule has 2 saturated heterocycles. The average molecular weight is 984 g/mol. The summed E-state index contributed by atoms with van der Waals surface area (Å²) in [5, 5.41) is 22.2. The zero-order valence-electron chi connectivity index (χ0n) is 42.2. The highest BCUT2D eigenvalue weighted by Crippen LogP contribution is 2.76. The third-order valence-electron chi connectivity index (χ3n) is 20.3. The van der Waals surface area contributed by atoms with Crippen molar-refractivity contribution in [1.82, 2.24) is 25.7 Å². The van der Waals surface area contributed by atoms with E-state index >= 15 is 0 Å². The van der Waals surface area contributed by atoms with Gasteiger partial charge in [-0.15, -0.1) is 0 Å². The van der Waals surface area contributed by atoms with Crippen molar-refractivity contribution in [3.05, 3.63) is 28.6 Å². The summed E-state index contributed by atoms with van der Waals surface area (Å²) in [7, 11) is 0. The molecule has 0 unspecified atom stereocenters. The van der Waals surface area contributed by atoms with Crippen molar-refractivity contribution >= 4 is 35.6 Å². The van der Waals surface area contributed by atoms with E-state index in [1.807, 2.05) is 27.7 Å². The van der Waals surface area contributed by atoms with E-state index in [4.69, 9.17) is 14.2 Å². The van der Waals surface area contributed by atoms with Crippen LogP contribution in [0, 0.1) is 62.6 Å². The number of hydrogen-bond donors (Lipinski definition) is 4. The summed E-state index contributed by atoms with van der Waals surface area (Å²) in [4.78, 5) is 82.2. The zero-order valence-corrected chi connectivity index (χ0v) is 42.2. The molecule has 10 atom stereocenters. The Labute approximate surface area is 407 Å². The van der Waals surface area contributed by atoms with Crippen LogP contribution >= 0.6 is 0 Å². The van der Waals surface area contributed by atoms with Gasteiger partial charge in [-0.3, -0.25) is 24.0 Å². The summed E-state index contributed by atoms with van der Waals surface area (Å²) in [6.45, 7) is 19.9. The molecule has 2 aliphatic heterocycles. The summed E-state index contributed by atoms with van der Waals surface area (Å²) >= 11 is 0. The quantitative estimate of drug-likeness (QED) is 0.176. The molecule has 3 heterocycles. The number of nitrogens with one attached hydrogen (secondary N) is 3. The molecule has 2 amide bonds. The van der Waals surface area contributed by atoms with Gasteiger partial charge in [-0.2, -0.15) is 23.0 Å². The van der Waals surface area contributed by atoms with E-state index in [0.29, 0.717) is 61.9 Å². The number of ketones is 1. The van der Waals surface area contributed by atoms with Gasteiger partial charge in [0.1, 0.15) is 17.9 Å². The molecule has 0 bridgehead atoms. The number of carboxylic acids is 1. The minimum Gasteiger partial charge on any atom is -0.481 e. The van der Waals surface area contributed by atoms with Gasteiger partial charge in [-0.05, 0) is 140 Å². The number of carbonyl (C=O) groups excluding carboxylic acids is 5. The third-order valence-corrected chi connectivity index (χ3v) is 20.3. The molecule has 70 heavy (non-hydrogen) atoms. The van der Waals surface area contributed by atoms with Crippen molar-refractivity contribution in [2.45, 2.75) is 169 Å². The van der Waals surface area contributed by atoms with Gasteiger partial charge in [0.05, 0.1) is 30.6 Å². The number of esters is 1. The molecular formula is C52H72F3N5O10. The monoisotopic (exact) mass is 984 g/mol. The molecule has 0 aromatic carbocycles. The van der Waals surface area contributed by atoms with Crippen molar-refractivity contribution in [1.29, 1.82) is 0 Å². The van der Waals surface area contributed by atoms with Crippen molar-refractivity contribution < 1.29 is 61.3 Å². The molecule has 8 aliphatic rings. The molecule has 7 fully saturated rings. The Balaban J connectivity index is 0.956. The topological polar surface area (TPSA) is 204 Å². The van der Waals surface area contributed by atoms with Crippen LogP contribution in [0.1, 0.15) is 156 Å². The highest BCUT2D eigenvalue weighted by atomic mass is 19.4. The second-order valence-electron chi connectivity index (χ2n) is 24.7. The molecule has 0 radical (unpaired) electrons. The van der Waals surface area contributed by atoms with Gasteiger partial charge in [-0.25, -0.2) is 4.79 Å². The molecule has 6 aliphatic carbocycles. The smallest absolute Gasteiger partial charge is 0.435 e. The molecule has 1 aromatic heterocycles. The Morgan fingerprint density at radius 3 is 2.13 bits per heavy atom. The number of carbonyl (C=O) groups is 6. The number of allylic oxidation sites excluding steroid dienone is 1. The Bertz CT molecular complexity index is 2400. The van der Waals surface area contributed by atoms with Crippen LogP contribution in [0.3, 0.4) is 0 Å². The van der Waals surface area contributed by atoms with Crippen molar-refractivity contribution in [3.63, 3.8) is 0 Å². The normalized spacial score (nSPS) is 37.4. The number of amides is 2. The van der Waals surface area contributed by atoms with Gasteiger partial charge >= 0.3 is 24.2 Å². The van der Waals surface area contributed by atoms with Crippen LogP contribution < -0.4 is 16.0 Å².